The van der Waals surface area contributed by atoms with E-state index in [9.17, 15) is 19.5 Å². The lowest BCUT2D eigenvalue weighted by atomic mass is 9.73. The van der Waals surface area contributed by atoms with Crippen LogP contribution in [0.4, 0.5) is 5.69 Å². The van der Waals surface area contributed by atoms with Crippen molar-refractivity contribution >= 4 is 23.5 Å². The molecule has 6 atom stereocenters. The number of aliphatic hydroxyl groups is 1. The summed E-state index contributed by atoms with van der Waals surface area (Å²) in [5, 5.41) is 10.2. The number of carbonyl (C=O) groups excluding carboxylic acids is 3. The molecule has 192 valence electrons. The van der Waals surface area contributed by atoms with Gasteiger partial charge in [-0.25, -0.2) is 0 Å². The summed E-state index contributed by atoms with van der Waals surface area (Å²) >= 11 is 0. The number of aryl methyl sites for hydroxylation is 2. The topological polar surface area (TPSA) is 96.4 Å². The lowest BCUT2D eigenvalue weighted by Gasteiger charge is -2.40. The lowest BCUT2D eigenvalue weighted by Crippen LogP contribution is -2.59. The smallest absolute Gasteiger partial charge is 0.313 e. The molecule has 4 heterocycles. The number of ether oxygens (including phenoxy) is 2. The molecule has 36 heavy (non-hydrogen) atoms. The summed E-state index contributed by atoms with van der Waals surface area (Å²) in [6, 6.07) is 4.25. The van der Waals surface area contributed by atoms with Crippen molar-refractivity contribution in [2.45, 2.75) is 63.8 Å². The van der Waals surface area contributed by atoms with Gasteiger partial charge in [0.1, 0.15) is 29.8 Å². The number of hydrogen-bond donors (Lipinski definition) is 1. The van der Waals surface area contributed by atoms with Gasteiger partial charge in [-0.2, -0.15) is 0 Å². The minimum absolute atomic E-state index is 0.116. The van der Waals surface area contributed by atoms with Gasteiger partial charge < -0.3 is 24.4 Å². The number of nitrogens with zero attached hydrogens (tertiary/aromatic N) is 2. The van der Waals surface area contributed by atoms with Gasteiger partial charge in [-0.1, -0.05) is 50.3 Å². The van der Waals surface area contributed by atoms with Crippen LogP contribution in [-0.2, 0) is 23.9 Å². The highest BCUT2D eigenvalue weighted by Gasteiger charge is 2.76. The molecular weight excluding hydrogens is 460 g/mol. The van der Waals surface area contributed by atoms with Crippen molar-refractivity contribution < 1.29 is 29.0 Å². The van der Waals surface area contributed by atoms with Crippen LogP contribution in [0.3, 0.4) is 0 Å². The molecule has 1 unspecified atom stereocenters. The average Bonchev–Trinajstić information content (AvgIpc) is 3.14. The van der Waals surface area contributed by atoms with E-state index >= 15 is 0 Å². The van der Waals surface area contributed by atoms with Gasteiger partial charge >= 0.3 is 5.97 Å². The van der Waals surface area contributed by atoms with Crippen LogP contribution in [0.15, 0.2) is 42.5 Å². The van der Waals surface area contributed by atoms with Gasteiger partial charge in [0.25, 0.3) is 5.91 Å². The third-order valence-electron chi connectivity index (χ3n) is 8.42. The largest absolute Gasteiger partial charge is 0.461 e. The van der Waals surface area contributed by atoms with Gasteiger partial charge in [-0.15, -0.1) is 0 Å². The number of carbonyl (C=O) groups is 3. The Labute approximate surface area is 211 Å². The molecule has 1 N–H and O–H groups in total. The van der Waals surface area contributed by atoms with Gasteiger partial charge in [-0.05, 0) is 43.9 Å². The fourth-order valence-electron chi connectivity index (χ4n) is 6.77. The van der Waals surface area contributed by atoms with Crippen molar-refractivity contribution in [3.05, 3.63) is 53.6 Å². The Morgan fingerprint density at radius 2 is 1.78 bits per heavy atom. The van der Waals surface area contributed by atoms with E-state index in [4.69, 9.17) is 9.47 Å². The van der Waals surface area contributed by atoms with Crippen LogP contribution >= 0.6 is 0 Å². The zero-order valence-corrected chi connectivity index (χ0v) is 21.3. The molecule has 0 aliphatic carbocycles. The first kappa shape index (κ1) is 24.7. The summed E-state index contributed by atoms with van der Waals surface area (Å²) in [4.78, 5) is 45.2. The standard InChI is InChI=1S/C28H34N2O6/c1-5-19(16-31)30-23-25(33)29(22-17(3)10-7-11-18(22)4)14-8-13-28(23)20(24(30)32)21-26(34)35-15-9-12-27(21,6-2)36-28/h7-13,19-21,23,31H,5-6,14-16H2,1-4H3/t19-,20-,21+,23?,27-,28-/m0/s1. The third kappa shape index (κ3) is 3.23. The number of para-hydroxylation sites is 1. The van der Waals surface area contributed by atoms with Gasteiger partial charge in [-0.3, -0.25) is 14.4 Å². The molecule has 4 aliphatic rings. The Balaban J connectivity index is 1.72. The zero-order valence-electron chi connectivity index (χ0n) is 21.3. The minimum atomic E-state index is -1.36. The van der Waals surface area contributed by atoms with E-state index in [1.54, 1.807) is 11.0 Å². The number of rotatable bonds is 5. The Morgan fingerprint density at radius 1 is 1.06 bits per heavy atom. The number of cyclic esters (lactones) is 1. The maximum atomic E-state index is 14.5. The molecule has 4 aliphatic heterocycles. The van der Waals surface area contributed by atoms with Crippen LogP contribution in [-0.4, -0.2) is 70.8 Å². The number of esters is 1. The number of likely N-dealkylation sites (tertiary alicyclic amines) is 1. The van der Waals surface area contributed by atoms with E-state index in [-0.39, 0.29) is 25.0 Å². The van der Waals surface area contributed by atoms with Gasteiger partial charge in [0, 0.05) is 12.2 Å². The first-order chi connectivity index (χ1) is 17.3. The van der Waals surface area contributed by atoms with Crippen LogP contribution in [0.25, 0.3) is 0 Å². The molecule has 0 saturated carbocycles. The molecule has 1 spiro atoms. The van der Waals surface area contributed by atoms with E-state index in [0.717, 1.165) is 16.8 Å². The first-order valence-corrected chi connectivity index (χ1v) is 12.8. The summed E-state index contributed by atoms with van der Waals surface area (Å²) in [6.07, 6.45) is 8.18. The SMILES string of the molecule is CC[C@@H](CO)N1C(=O)[C@@H]2[C@@H]3C(=O)OCC=C[C@]3(CC)O[C@@]23C=CCN(c2c(C)cccc2C)C(=O)C13. The van der Waals surface area contributed by atoms with E-state index < -0.39 is 41.1 Å². The third-order valence-corrected chi connectivity index (χ3v) is 8.42. The summed E-state index contributed by atoms with van der Waals surface area (Å²) in [7, 11) is 0. The van der Waals surface area contributed by atoms with E-state index in [0.29, 0.717) is 19.4 Å². The number of hydrogen-bond acceptors (Lipinski definition) is 6. The summed E-state index contributed by atoms with van der Waals surface area (Å²) in [5.74, 6) is -2.94. The summed E-state index contributed by atoms with van der Waals surface area (Å²) < 4.78 is 12.3. The van der Waals surface area contributed by atoms with Crippen molar-refractivity contribution in [1.82, 2.24) is 4.90 Å². The Hall–Kier alpha value is -2.97. The van der Waals surface area contributed by atoms with Crippen LogP contribution < -0.4 is 4.90 Å². The molecule has 2 saturated heterocycles. The number of anilines is 1. The predicted octanol–water partition coefficient (Wildman–Crippen LogP) is 2.45. The van der Waals surface area contributed by atoms with E-state index in [1.807, 2.05) is 64.1 Å². The fourth-order valence-corrected chi connectivity index (χ4v) is 6.77. The van der Waals surface area contributed by atoms with Gasteiger partial charge in [0.2, 0.25) is 5.91 Å². The molecular formula is C28H34N2O6. The van der Waals surface area contributed by atoms with Crippen molar-refractivity contribution in [3.8, 4) is 0 Å². The van der Waals surface area contributed by atoms with Crippen LogP contribution in [0, 0.1) is 25.7 Å². The Morgan fingerprint density at radius 3 is 2.42 bits per heavy atom. The highest BCUT2D eigenvalue weighted by molar-refractivity contribution is 6.06. The molecule has 0 aromatic heterocycles. The van der Waals surface area contributed by atoms with E-state index in [2.05, 4.69) is 0 Å². The number of amides is 2. The normalized spacial score (nSPS) is 34.1. The Kier molecular flexibility index (Phi) is 6.08. The molecule has 2 amide bonds. The van der Waals surface area contributed by atoms with Crippen LogP contribution in [0.2, 0.25) is 0 Å². The Bertz CT molecular complexity index is 1140. The maximum Gasteiger partial charge on any atom is 0.313 e. The summed E-state index contributed by atoms with van der Waals surface area (Å²) in [6.45, 7) is 7.83. The van der Waals surface area contributed by atoms with Crippen LogP contribution in [0.1, 0.15) is 37.8 Å². The molecule has 0 radical (unpaired) electrons. The molecule has 1 aromatic rings. The van der Waals surface area contributed by atoms with Crippen molar-refractivity contribution in [2.75, 3.05) is 24.7 Å². The zero-order chi connectivity index (χ0) is 25.8. The van der Waals surface area contributed by atoms with E-state index in [1.165, 1.54) is 4.90 Å². The number of benzene rings is 1. The highest BCUT2D eigenvalue weighted by atomic mass is 16.6. The quantitative estimate of drug-likeness (QED) is 0.499. The average molecular weight is 495 g/mol. The number of fused-ring (bicyclic) bond motifs is 2. The molecule has 8 heteroatoms. The van der Waals surface area contributed by atoms with Crippen molar-refractivity contribution in [3.63, 3.8) is 0 Å². The monoisotopic (exact) mass is 494 g/mol. The summed E-state index contributed by atoms with van der Waals surface area (Å²) in [5.41, 5.74) is 0.279. The second-order valence-electron chi connectivity index (χ2n) is 10.2. The first-order valence-electron chi connectivity index (χ1n) is 12.8. The highest BCUT2D eigenvalue weighted by Crippen LogP contribution is 2.59. The van der Waals surface area contributed by atoms with Gasteiger partial charge in [0.05, 0.1) is 18.6 Å². The molecule has 0 bridgehead atoms. The lowest BCUT2D eigenvalue weighted by molar-refractivity contribution is -0.159. The second kappa shape index (κ2) is 8.85. The van der Waals surface area contributed by atoms with Crippen molar-refractivity contribution in [2.24, 2.45) is 11.8 Å². The maximum absolute atomic E-state index is 14.5. The van der Waals surface area contributed by atoms with Gasteiger partial charge in [0.15, 0.2) is 0 Å². The molecule has 5 rings (SSSR count). The fraction of sp³-hybridized carbons (Fsp3) is 0.536. The number of aliphatic hydroxyl groups excluding tert-OH is 1. The predicted molar refractivity (Wildman–Crippen MR) is 133 cm³/mol. The van der Waals surface area contributed by atoms with Crippen molar-refractivity contribution in [1.29, 1.82) is 0 Å². The molecule has 1 aromatic carbocycles. The molecule has 2 fully saturated rings. The molecule has 8 nitrogen and oxygen atoms in total. The van der Waals surface area contributed by atoms with Crippen LogP contribution in [0.5, 0.6) is 0 Å². The minimum Gasteiger partial charge on any atom is -0.461 e. The second-order valence-corrected chi connectivity index (χ2v) is 10.2.